The van der Waals surface area contributed by atoms with E-state index in [1.807, 2.05) is 0 Å². The van der Waals surface area contributed by atoms with E-state index in [1.165, 1.54) is 35.0 Å². The van der Waals surface area contributed by atoms with Gasteiger partial charge in [-0.3, -0.25) is 19.8 Å². The van der Waals surface area contributed by atoms with Crippen molar-refractivity contribution in [3.05, 3.63) is 76.2 Å². The molecule has 32 heavy (non-hydrogen) atoms. The summed E-state index contributed by atoms with van der Waals surface area (Å²) in [6.07, 6.45) is 0. The Labute approximate surface area is 183 Å². The third-order valence-electron chi connectivity index (χ3n) is 5.18. The Morgan fingerprint density at radius 1 is 1.16 bits per heavy atom. The van der Waals surface area contributed by atoms with Crippen LogP contribution in [0.2, 0.25) is 0 Å². The fourth-order valence-electron chi connectivity index (χ4n) is 3.48. The maximum absolute atomic E-state index is 13.3. The van der Waals surface area contributed by atoms with E-state index in [0.717, 1.165) is 13.1 Å². The molecule has 1 N–H and O–H groups in total. The number of benzene rings is 2. The van der Waals surface area contributed by atoms with Crippen LogP contribution in [0.15, 0.2) is 54.6 Å². The second kappa shape index (κ2) is 9.67. The third-order valence-corrected chi connectivity index (χ3v) is 5.18. The number of nitro groups is 1. The van der Waals surface area contributed by atoms with Crippen molar-refractivity contribution in [3.8, 4) is 16.9 Å². The zero-order valence-electron chi connectivity index (χ0n) is 17.2. The predicted octanol–water partition coefficient (Wildman–Crippen LogP) is 2.65. The van der Waals surface area contributed by atoms with Crippen LogP contribution in [0.4, 0.5) is 10.1 Å². The molecule has 10 heteroatoms. The van der Waals surface area contributed by atoms with Crippen molar-refractivity contribution in [2.45, 2.75) is 0 Å². The number of amides is 1. The number of nitro benzene ring substituents is 1. The fraction of sp³-hybridized carbons (Fsp3) is 0.273. The highest BCUT2D eigenvalue weighted by Gasteiger charge is 2.19. The second-order valence-electron chi connectivity index (χ2n) is 7.32. The molecule has 0 unspecified atom stereocenters. The van der Waals surface area contributed by atoms with Gasteiger partial charge in [-0.2, -0.15) is 5.10 Å². The van der Waals surface area contributed by atoms with E-state index in [-0.39, 0.29) is 23.1 Å². The van der Waals surface area contributed by atoms with E-state index in [0.29, 0.717) is 43.2 Å². The van der Waals surface area contributed by atoms with Gasteiger partial charge >= 0.3 is 0 Å². The number of non-ortho nitro benzene ring substituents is 1. The van der Waals surface area contributed by atoms with Crippen molar-refractivity contribution in [2.24, 2.45) is 0 Å². The molecule has 2 aromatic carbocycles. The number of ether oxygens (including phenoxy) is 1. The molecule has 9 nitrogen and oxygen atoms in total. The van der Waals surface area contributed by atoms with E-state index in [9.17, 15) is 19.3 Å². The maximum atomic E-state index is 13.3. The molecule has 0 radical (unpaired) electrons. The summed E-state index contributed by atoms with van der Waals surface area (Å²) in [5.41, 5.74) is 1.57. The molecule has 166 valence electrons. The first kappa shape index (κ1) is 21.6. The Morgan fingerprint density at radius 2 is 1.91 bits per heavy atom. The minimum Gasteiger partial charge on any atom is -0.379 e. The average Bonchev–Trinajstić information content (AvgIpc) is 3.26. The largest absolute Gasteiger partial charge is 0.379 e. The molecule has 0 aliphatic carbocycles. The van der Waals surface area contributed by atoms with Crippen LogP contribution < -0.4 is 5.32 Å². The zero-order chi connectivity index (χ0) is 22.5. The van der Waals surface area contributed by atoms with Gasteiger partial charge in [-0.05, 0) is 36.4 Å². The summed E-state index contributed by atoms with van der Waals surface area (Å²) >= 11 is 0. The third kappa shape index (κ3) is 4.98. The number of rotatable bonds is 7. The lowest BCUT2D eigenvalue weighted by atomic mass is 10.1. The minimum atomic E-state index is -0.504. The van der Waals surface area contributed by atoms with Gasteiger partial charge in [0.1, 0.15) is 11.5 Å². The second-order valence-corrected chi connectivity index (χ2v) is 7.32. The molecule has 2 heterocycles. The lowest BCUT2D eigenvalue weighted by Crippen LogP contribution is -2.41. The number of carbonyl (C=O) groups excluding carboxylic acids is 1. The van der Waals surface area contributed by atoms with Crippen LogP contribution in [0, 0.1) is 15.9 Å². The van der Waals surface area contributed by atoms with Gasteiger partial charge in [0.25, 0.3) is 11.6 Å². The first-order valence-corrected chi connectivity index (χ1v) is 10.2. The minimum absolute atomic E-state index is 0.111. The first-order valence-electron chi connectivity index (χ1n) is 10.2. The molecule has 1 aromatic heterocycles. The number of nitrogens with one attached hydrogen (secondary N) is 1. The smallest absolute Gasteiger partial charge is 0.271 e. The van der Waals surface area contributed by atoms with Crippen molar-refractivity contribution in [3.63, 3.8) is 0 Å². The molecule has 0 bridgehead atoms. The summed E-state index contributed by atoms with van der Waals surface area (Å²) in [5, 5.41) is 18.6. The van der Waals surface area contributed by atoms with Crippen LogP contribution in [0.1, 0.15) is 10.5 Å². The van der Waals surface area contributed by atoms with Gasteiger partial charge in [0, 0.05) is 43.9 Å². The summed E-state index contributed by atoms with van der Waals surface area (Å²) in [5.74, 6) is -0.737. The van der Waals surface area contributed by atoms with Crippen molar-refractivity contribution >= 4 is 11.6 Å². The number of morpholine rings is 1. The predicted molar refractivity (Wildman–Crippen MR) is 115 cm³/mol. The lowest BCUT2D eigenvalue weighted by molar-refractivity contribution is -0.384. The molecule has 1 fully saturated rings. The highest BCUT2D eigenvalue weighted by molar-refractivity contribution is 5.94. The Kier molecular flexibility index (Phi) is 6.52. The van der Waals surface area contributed by atoms with Gasteiger partial charge in [0.2, 0.25) is 0 Å². The number of hydrogen-bond acceptors (Lipinski definition) is 6. The first-order chi connectivity index (χ1) is 15.5. The molecule has 1 saturated heterocycles. The van der Waals surface area contributed by atoms with Crippen molar-refractivity contribution < 1.29 is 18.8 Å². The van der Waals surface area contributed by atoms with Gasteiger partial charge in [0.15, 0.2) is 0 Å². The standard InChI is InChI=1S/C22H22FN5O4/c23-17-6-4-16(5-7-17)20-15-21(22(29)24-8-9-26-10-12-32-13-11-26)27(25-20)18-2-1-3-19(14-18)28(30)31/h1-7,14-15H,8-13H2,(H,24,29). The van der Waals surface area contributed by atoms with Gasteiger partial charge in [-0.15, -0.1) is 0 Å². The van der Waals surface area contributed by atoms with Crippen LogP contribution in [0.25, 0.3) is 16.9 Å². The fourth-order valence-corrected chi connectivity index (χ4v) is 3.48. The highest BCUT2D eigenvalue weighted by Crippen LogP contribution is 2.24. The molecule has 1 amide bonds. The lowest BCUT2D eigenvalue weighted by Gasteiger charge is -2.26. The quantitative estimate of drug-likeness (QED) is 0.449. The van der Waals surface area contributed by atoms with Gasteiger partial charge < -0.3 is 10.1 Å². The molecule has 0 saturated carbocycles. The Morgan fingerprint density at radius 3 is 2.62 bits per heavy atom. The Hall–Kier alpha value is -3.63. The summed E-state index contributed by atoms with van der Waals surface area (Å²) in [4.78, 5) is 25.9. The monoisotopic (exact) mass is 439 g/mol. The normalized spacial score (nSPS) is 14.3. The van der Waals surface area contributed by atoms with Crippen LogP contribution in [0.3, 0.4) is 0 Å². The molecule has 0 atom stereocenters. The maximum Gasteiger partial charge on any atom is 0.271 e. The Bertz CT molecular complexity index is 1110. The Balaban J connectivity index is 1.61. The number of aromatic nitrogens is 2. The van der Waals surface area contributed by atoms with Crippen LogP contribution in [-0.4, -0.2) is 64.9 Å². The molecule has 4 rings (SSSR count). The van der Waals surface area contributed by atoms with E-state index >= 15 is 0 Å². The van der Waals surface area contributed by atoms with Gasteiger partial charge in [-0.25, -0.2) is 9.07 Å². The van der Waals surface area contributed by atoms with Crippen molar-refractivity contribution in [2.75, 3.05) is 39.4 Å². The summed E-state index contributed by atoms with van der Waals surface area (Å²) in [6.45, 7) is 4.10. The van der Waals surface area contributed by atoms with Crippen molar-refractivity contribution in [1.82, 2.24) is 20.0 Å². The number of nitrogens with zero attached hydrogens (tertiary/aromatic N) is 4. The van der Waals surface area contributed by atoms with Crippen LogP contribution >= 0.6 is 0 Å². The average molecular weight is 439 g/mol. The van der Waals surface area contributed by atoms with E-state index in [1.54, 1.807) is 24.3 Å². The SMILES string of the molecule is O=C(NCCN1CCOCC1)c1cc(-c2ccc(F)cc2)nn1-c1cccc([N+](=O)[O-])c1. The van der Waals surface area contributed by atoms with E-state index < -0.39 is 4.92 Å². The van der Waals surface area contributed by atoms with Crippen LogP contribution in [0.5, 0.6) is 0 Å². The summed E-state index contributed by atoms with van der Waals surface area (Å²) in [7, 11) is 0. The molecule has 3 aromatic rings. The summed E-state index contributed by atoms with van der Waals surface area (Å²) < 4.78 is 20.0. The topological polar surface area (TPSA) is 103 Å². The number of carbonyl (C=O) groups is 1. The number of halogens is 1. The van der Waals surface area contributed by atoms with Crippen LogP contribution in [-0.2, 0) is 4.74 Å². The van der Waals surface area contributed by atoms with Gasteiger partial charge in [0.05, 0.1) is 29.5 Å². The highest BCUT2D eigenvalue weighted by atomic mass is 19.1. The summed E-state index contributed by atoms with van der Waals surface area (Å²) in [6, 6.07) is 13.2. The molecular weight excluding hydrogens is 417 g/mol. The molecule has 0 spiro atoms. The number of hydrogen-bond donors (Lipinski definition) is 1. The molecular formula is C22H22FN5O4. The van der Waals surface area contributed by atoms with E-state index in [4.69, 9.17) is 4.74 Å². The van der Waals surface area contributed by atoms with E-state index in [2.05, 4.69) is 15.3 Å². The molecule has 1 aliphatic rings. The van der Waals surface area contributed by atoms with Crippen molar-refractivity contribution in [1.29, 1.82) is 0 Å². The van der Waals surface area contributed by atoms with Gasteiger partial charge in [-0.1, -0.05) is 6.07 Å². The molecule has 1 aliphatic heterocycles. The zero-order valence-corrected chi connectivity index (χ0v) is 17.2.